The molecule has 0 spiro atoms. The Kier molecular flexibility index (Phi) is 10.0. The van der Waals surface area contributed by atoms with E-state index < -0.39 is 34.3 Å². The monoisotopic (exact) mass is 599 g/mol. The molecule has 0 heterocycles. The molecule has 1 aliphatic carbocycles. The molecule has 7 nitrogen and oxygen atoms in total. The third-order valence-electron chi connectivity index (χ3n) is 7.42. The van der Waals surface area contributed by atoms with Crippen molar-refractivity contribution in [2.75, 3.05) is 10.8 Å². The van der Waals surface area contributed by atoms with E-state index in [0.29, 0.717) is 10.6 Å². The summed E-state index contributed by atoms with van der Waals surface area (Å²) in [7, 11) is -4.23. The lowest BCUT2D eigenvalue weighted by atomic mass is 9.95. The molecule has 4 rings (SSSR count). The molecule has 1 atom stereocenters. The molecule has 1 fully saturated rings. The van der Waals surface area contributed by atoms with Crippen LogP contribution in [0.4, 0.5) is 10.1 Å². The Balaban J connectivity index is 1.68. The highest BCUT2D eigenvalue weighted by Gasteiger charge is 2.33. The summed E-state index contributed by atoms with van der Waals surface area (Å²) in [5, 5.41) is 3.49. The lowest BCUT2D eigenvalue weighted by molar-refractivity contribution is -0.139. The molecule has 0 aromatic heterocycles. The molecule has 3 aromatic rings. The van der Waals surface area contributed by atoms with Gasteiger partial charge in [0.25, 0.3) is 10.0 Å². The van der Waals surface area contributed by atoms with Crippen molar-refractivity contribution in [2.45, 2.75) is 69.5 Å². The van der Waals surface area contributed by atoms with Gasteiger partial charge in [-0.1, -0.05) is 66.8 Å². The van der Waals surface area contributed by atoms with Crippen molar-refractivity contribution in [1.82, 2.24) is 10.2 Å². The average molecular weight is 600 g/mol. The molecule has 0 radical (unpaired) electrons. The highest BCUT2D eigenvalue weighted by molar-refractivity contribution is 7.92. The van der Waals surface area contributed by atoms with E-state index in [2.05, 4.69) is 5.32 Å². The van der Waals surface area contributed by atoms with E-state index in [-0.39, 0.29) is 29.1 Å². The highest BCUT2D eigenvalue weighted by atomic mass is 35.5. The lowest BCUT2D eigenvalue weighted by Crippen LogP contribution is -2.53. The van der Waals surface area contributed by atoms with Crippen LogP contribution < -0.4 is 9.62 Å². The largest absolute Gasteiger partial charge is 0.352 e. The van der Waals surface area contributed by atoms with Crippen LogP contribution in [-0.2, 0) is 26.2 Å². The first-order chi connectivity index (χ1) is 19.6. The molecule has 1 aliphatic rings. The third kappa shape index (κ3) is 7.65. The van der Waals surface area contributed by atoms with Crippen LogP contribution in [0.2, 0.25) is 5.02 Å². The van der Waals surface area contributed by atoms with Crippen LogP contribution in [0.15, 0.2) is 77.7 Å². The minimum absolute atomic E-state index is 0.000400. The Bertz CT molecular complexity index is 1460. The molecule has 2 amide bonds. The van der Waals surface area contributed by atoms with E-state index in [1.54, 1.807) is 43.3 Å². The van der Waals surface area contributed by atoms with Crippen LogP contribution in [0.1, 0.15) is 50.2 Å². The van der Waals surface area contributed by atoms with Crippen LogP contribution in [0.25, 0.3) is 0 Å². The number of sulfonamides is 1. The van der Waals surface area contributed by atoms with Gasteiger partial charge in [0.2, 0.25) is 11.8 Å². The first-order valence-electron chi connectivity index (χ1n) is 13.7. The van der Waals surface area contributed by atoms with Gasteiger partial charge >= 0.3 is 0 Å². The molecule has 1 unspecified atom stereocenters. The van der Waals surface area contributed by atoms with Crippen molar-refractivity contribution in [3.8, 4) is 0 Å². The second kappa shape index (κ2) is 13.5. The number of hydrogen-bond donors (Lipinski definition) is 1. The van der Waals surface area contributed by atoms with E-state index in [0.717, 1.165) is 54.1 Å². The zero-order valence-corrected chi connectivity index (χ0v) is 24.8. The van der Waals surface area contributed by atoms with Crippen LogP contribution in [0.5, 0.6) is 0 Å². The molecule has 0 saturated heterocycles. The van der Waals surface area contributed by atoms with Crippen molar-refractivity contribution in [2.24, 2.45) is 0 Å². The number of carbonyl (C=O) groups is 2. The summed E-state index contributed by atoms with van der Waals surface area (Å²) < 4.78 is 42.4. The summed E-state index contributed by atoms with van der Waals surface area (Å²) in [5.74, 6) is -1.45. The zero-order chi connectivity index (χ0) is 29.6. The number of anilines is 1. The van der Waals surface area contributed by atoms with Crippen molar-refractivity contribution in [3.63, 3.8) is 0 Å². The van der Waals surface area contributed by atoms with Crippen molar-refractivity contribution in [3.05, 3.63) is 94.8 Å². The van der Waals surface area contributed by atoms with Crippen molar-refractivity contribution in [1.29, 1.82) is 0 Å². The van der Waals surface area contributed by atoms with Gasteiger partial charge in [0.15, 0.2) is 0 Å². The van der Waals surface area contributed by atoms with Gasteiger partial charge in [-0.2, -0.15) is 0 Å². The van der Waals surface area contributed by atoms with Crippen LogP contribution in [0.3, 0.4) is 0 Å². The predicted molar refractivity (Wildman–Crippen MR) is 159 cm³/mol. The molecular weight excluding hydrogens is 565 g/mol. The standard InChI is InChI=1S/C31H35ClFN3O4S/c1-22-12-18-28(19-13-22)41(39,40)36(27-16-14-25(33)15-17-27)21-30(37)35(20-24-8-6-7-11-29(24)32)23(2)31(38)34-26-9-4-3-5-10-26/h6-8,11-19,23,26H,3-5,9-10,20-21H2,1-2H3,(H,34,38). The fraction of sp³-hybridized carbons (Fsp3) is 0.355. The predicted octanol–water partition coefficient (Wildman–Crippen LogP) is 5.85. The fourth-order valence-corrected chi connectivity index (χ4v) is 6.54. The normalized spacial score (nSPS) is 14.7. The smallest absolute Gasteiger partial charge is 0.264 e. The third-order valence-corrected chi connectivity index (χ3v) is 9.58. The van der Waals surface area contributed by atoms with E-state index >= 15 is 0 Å². The number of hydrogen-bond acceptors (Lipinski definition) is 4. The number of nitrogens with one attached hydrogen (secondary N) is 1. The highest BCUT2D eigenvalue weighted by Crippen LogP contribution is 2.26. The molecule has 3 aromatic carbocycles. The molecule has 0 bridgehead atoms. The minimum Gasteiger partial charge on any atom is -0.352 e. The second-order valence-electron chi connectivity index (χ2n) is 10.4. The summed E-state index contributed by atoms with van der Waals surface area (Å²) in [6, 6.07) is 17.3. The van der Waals surface area contributed by atoms with E-state index in [1.807, 2.05) is 6.92 Å². The van der Waals surface area contributed by atoms with Gasteiger partial charge in [0, 0.05) is 17.6 Å². The number of aryl methyl sites for hydroxylation is 1. The Morgan fingerprint density at radius 1 is 0.976 bits per heavy atom. The summed E-state index contributed by atoms with van der Waals surface area (Å²) in [5.41, 5.74) is 1.61. The molecule has 1 saturated carbocycles. The van der Waals surface area contributed by atoms with Gasteiger partial charge in [-0.25, -0.2) is 12.8 Å². The zero-order valence-electron chi connectivity index (χ0n) is 23.2. The Labute approximate surface area is 246 Å². The van der Waals surface area contributed by atoms with Crippen LogP contribution in [0, 0.1) is 12.7 Å². The van der Waals surface area contributed by atoms with E-state index in [4.69, 9.17) is 11.6 Å². The maximum Gasteiger partial charge on any atom is 0.264 e. The summed E-state index contributed by atoms with van der Waals surface area (Å²) in [6.45, 7) is 2.86. The summed E-state index contributed by atoms with van der Waals surface area (Å²) >= 11 is 6.41. The average Bonchev–Trinajstić information content (AvgIpc) is 2.96. The number of carbonyl (C=O) groups excluding carboxylic acids is 2. The Hall–Kier alpha value is -3.43. The van der Waals surface area contributed by atoms with Gasteiger partial charge in [-0.15, -0.1) is 0 Å². The van der Waals surface area contributed by atoms with Gasteiger partial charge in [-0.05, 0) is 74.7 Å². The number of amides is 2. The second-order valence-corrected chi connectivity index (χ2v) is 12.7. The van der Waals surface area contributed by atoms with Crippen LogP contribution in [-0.4, -0.2) is 43.8 Å². The first kappa shape index (κ1) is 30.5. The Morgan fingerprint density at radius 2 is 1.61 bits per heavy atom. The first-order valence-corrected chi connectivity index (χ1v) is 15.6. The molecule has 0 aliphatic heterocycles. The van der Waals surface area contributed by atoms with E-state index in [9.17, 15) is 22.4 Å². The minimum atomic E-state index is -4.23. The van der Waals surface area contributed by atoms with Crippen molar-refractivity contribution >= 4 is 39.1 Å². The van der Waals surface area contributed by atoms with Gasteiger partial charge in [0.05, 0.1) is 10.6 Å². The lowest BCUT2D eigenvalue weighted by Gasteiger charge is -2.33. The van der Waals surface area contributed by atoms with Crippen molar-refractivity contribution < 1.29 is 22.4 Å². The summed E-state index contributed by atoms with van der Waals surface area (Å²) in [4.78, 5) is 28.7. The molecule has 41 heavy (non-hydrogen) atoms. The summed E-state index contributed by atoms with van der Waals surface area (Å²) in [6.07, 6.45) is 4.96. The maximum absolute atomic E-state index is 14.0. The molecular formula is C31H35ClFN3O4S. The van der Waals surface area contributed by atoms with Gasteiger partial charge in [0.1, 0.15) is 18.4 Å². The Morgan fingerprint density at radius 3 is 2.24 bits per heavy atom. The SMILES string of the molecule is Cc1ccc(S(=O)(=O)N(CC(=O)N(Cc2ccccc2Cl)C(C)C(=O)NC2CCCCC2)c2ccc(F)cc2)cc1. The quantitative estimate of drug-likeness (QED) is 0.317. The van der Waals surface area contributed by atoms with E-state index in [1.165, 1.54) is 29.2 Å². The number of benzene rings is 3. The van der Waals surface area contributed by atoms with Crippen LogP contribution >= 0.6 is 11.6 Å². The molecule has 10 heteroatoms. The number of halogens is 2. The fourth-order valence-electron chi connectivity index (χ4n) is 4.94. The topological polar surface area (TPSA) is 86.8 Å². The number of nitrogens with zero attached hydrogens (tertiary/aromatic N) is 2. The maximum atomic E-state index is 14.0. The molecule has 1 N–H and O–H groups in total. The van der Waals surface area contributed by atoms with Gasteiger partial charge in [-0.3, -0.25) is 13.9 Å². The molecule has 218 valence electrons. The van der Waals surface area contributed by atoms with Gasteiger partial charge < -0.3 is 10.2 Å². The number of rotatable bonds is 10.